The Labute approximate surface area is 148 Å². The lowest BCUT2D eigenvalue weighted by atomic mass is 9.75. The minimum absolute atomic E-state index is 0.0708. The van der Waals surface area contributed by atoms with E-state index in [9.17, 15) is 9.90 Å². The number of benzene rings is 1. The third-order valence-electron chi connectivity index (χ3n) is 5.47. The molecule has 2 aromatic rings. The molecule has 1 aromatic heterocycles. The highest BCUT2D eigenvalue weighted by atomic mass is 16.3. The van der Waals surface area contributed by atoms with E-state index in [1.54, 1.807) is 0 Å². The first-order valence-corrected chi connectivity index (χ1v) is 9.23. The van der Waals surface area contributed by atoms with Crippen LogP contribution in [-0.4, -0.2) is 46.6 Å². The molecule has 1 aromatic carbocycles. The number of likely N-dealkylation sites (tertiary alicyclic amines) is 1. The van der Waals surface area contributed by atoms with Gasteiger partial charge in [0.05, 0.1) is 24.2 Å². The first kappa shape index (κ1) is 16.5. The zero-order chi connectivity index (χ0) is 17.2. The van der Waals surface area contributed by atoms with Gasteiger partial charge in [0.1, 0.15) is 0 Å². The fourth-order valence-electron chi connectivity index (χ4n) is 4.00. The molecule has 5 heteroatoms. The standard InChI is InChI=1S/C20H25N3O2/c24-17-10-15(11-17)20(22-19(25)13-23-7-3-4-8-23)16-9-14-5-1-2-6-18(14)21-12-16/h1-2,5-6,9,12,15,17,20,24H,3-4,7-8,10-11,13H2,(H,22,25)/t15?,17?,20-/m1/s1. The average molecular weight is 339 g/mol. The smallest absolute Gasteiger partial charge is 0.234 e. The zero-order valence-corrected chi connectivity index (χ0v) is 14.4. The Hall–Kier alpha value is -1.98. The van der Waals surface area contributed by atoms with Crippen molar-refractivity contribution in [2.45, 2.75) is 37.8 Å². The fraction of sp³-hybridized carbons (Fsp3) is 0.500. The largest absolute Gasteiger partial charge is 0.393 e. The Morgan fingerprint density at radius 2 is 2.04 bits per heavy atom. The van der Waals surface area contributed by atoms with Crippen molar-refractivity contribution < 1.29 is 9.90 Å². The van der Waals surface area contributed by atoms with Gasteiger partial charge in [0, 0.05) is 11.6 Å². The van der Waals surface area contributed by atoms with E-state index in [0.29, 0.717) is 6.54 Å². The predicted octanol–water partition coefficient (Wildman–Crippen LogP) is 2.26. The van der Waals surface area contributed by atoms with Crippen molar-refractivity contribution in [3.05, 3.63) is 42.1 Å². The Kier molecular flexibility index (Phi) is 4.68. The van der Waals surface area contributed by atoms with Crippen molar-refractivity contribution in [3.63, 3.8) is 0 Å². The van der Waals surface area contributed by atoms with E-state index in [2.05, 4.69) is 21.3 Å². The molecular formula is C20H25N3O2. The van der Waals surface area contributed by atoms with Crippen molar-refractivity contribution in [1.82, 2.24) is 15.2 Å². The number of pyridine rings is 1. The van der Waals surface area contributed by atoms with Crippen LogP contribution < -0.4 is 5.32 Å². The van der Waals surface area contributed by atoms with Crippen molar-refractivity contribution in [2.75, 3.05) is 19.6 Å². The topological polar surface area (TPSA) is 65.5 Å². The van der Waals surface area contributed by atoms with E-state index in [1.807, 2.05) is 30.5 Å². The molecule has 1 saturated carbocycles. The lowest BCUT2D eigenvalue weighted by molar-refractivity contribution is -0.124. The molecule has 0 bridgehead atoms. The molecule has 0 radical (unpaired) electrons. The monoisotopic (exact) mass is 339 g/mol. The Balaban J connectivity index is 1.53. The summed E-state index contributed by atoms with van der Waals surface area (Å²) in [7, 11) is 0. The summed E-state index contributed by atoms with van der Waals surface area (Å²) in [4.78, 5) is 19.3. The summed E-state index contributed by atoms with van der Waals surface area (Å²) in [6.07, 6.45) is 5.47. The van der Waals surface area contributed by atoms with E-state index < -0.39 is 0 Å². The molecule has 4 rings (SSSR count). The van der Waals surface area contributed by atoms with Gasteiger partial charge in [-0.1, -0.05) is 18.2 Å². The summed E-state index contributed by atoms with van der Waals surface area (Å²) >= 11 is 0. The van der Waals surface area contributed by atoms with Gasteiger partial charge in [-0.05, 0) is 62.4 Å². The van der Waals surface area contributed by atoms with E-state index in [4.69, 9.17) is 0 Å². The molecule has 1 saturated heterocycles. The minimum atomic E-state index is -0.239. The van der Waals surface area contributed by atoms with E-state index in [1.165, 1.54) is 12.8 Å². The molecule has 0 spiro atoms. The summed E-state index contributed by atoms with van der Waals surface area (Å²) in [6, 6.07) is 10.1. The number of para-hydroxylation sites is 1. The normalized spacial score (nSPS) is 24.8. The van der Waals surface area contributed by atoms with Crippen LogP contribution in [0.4, 0.5) is 0 Å². The van der Waals surface area contributed by atoms with Crippen LogP contribution in [-0.2, 0) is 4.79 Å². The van der Waals surface area contributed by atoms with Crippen molar-refractivity contribution in [1.29, 1.82) is 0 Å². The van der Waals surface area contributed by atoms with Gasteiger partial charge in [0.15, 0.2) is 0 Å². The van der Waals surface area contributed by atoms with Crippen LogP contribution >= 0.6 is 0 Å². The number of carbonyl (C=O) groups excluding carboxylic acids is 1. The summed E-state index contributed by atoms with van der Waals surface area (Å²) in [5.74, 6) is 0.349. The zero-order valence-electron chi connectivity index (χ0n) is 14.4. The number of aromatic nitrogens is 1. The number of aliphatic hydroxyl groups excluding tert-OH is 1. The number of aliphatic hydroxyl groups is 1. The molecule has 1 atom stereocenters. The molecule has 25 heavy (non-hydrogen) atoms. The molecule has 2 N–H and O–H groups in total. The number of hydrogen-bond acceptors (Lipinski definition) is 4. The van der Waals surface area contributed by atoms with Crippen LogP contribution in [0.3, 0.4) is 0 Å². The first-order chi connectivity index (χ1) is 12.2. The lowest BCUT2D eigenvalue weighted by Gasteiger charge is -2.38. The van der Waals surface area contributed by atoms with Crippen molar-refractivity contribution in [3.8, 4) is 0 Å². The van der Waals surface area contributed by atoms with Gasteiger partial charge in [-0.25, -0.2) is 0 Å². The van der Waals surface area contributed by atoms with Gasteiger partial charge in [0.25, 0.3) is 0 Å². The second-order valence-electron chi connectivity index (χ2n) is 7.38. The number of rotatable bonds is 5. The molecular weight excluding hydrogens is 314 g/mol. The Bertz CT molecular complexity index is 751. The number of hydrogen-bond donors (Lipinski definition) is 2. The second-order valence-corrected chi connectivity index (χ2v) is 7.38. The summed E-state index contributed by atoms with van der Waals surface area (Å²) in [5.41, 5.74) is 1.99. The average Bonchev–Trinajstić information content (AvgIpc) is 3.09. The van der Waals surface area contributed by atoms with Gasteiger partial charge in [-0.15, -0.1) is 0 Å². The molecule has 5 nitrogen and oxygen atoms in total. The van der Waals surface area contributed by atoms with Crippen molar-refractivity contribution in [2.24, 2.45) is 5.92 Å². The minimum Gasteiger partial charge on any atom is -0.393 e. The van der Waals surface area contributed by atoms with E-state index in [-0.39, 0.29) is 24.0 Å². The van der Waals surface area contributed by atoms with Gasteiger partial charge < -0.3 is 10.4 Å². The van der Waals surface area contributed by atoms with Crippen LogP contribution in [0.15, 0.2) is 36.5 Å². The number of nitrogens with one attached hydrogen (secondary N) is 1. The SMILES string of the molecule is O=C(CN1CCCC1)N[C@@H](c1cnc2ccccc2c1)C1CC(O)C1. The lowest BCUT2D eigenvalue weighted by Crippen LogP contribution is -2.44. The highest BCUT2D eigenvalue weighted by Gasteiger charge is 2.36. The maximum absolute atomic E-state index is 12.5. The molecule has 2 heterocycles. The van der Waals surface area contributed by atoms with Crippen LogP contribution in [0.5, 0.6) is 0 Å². The summed E-state index contributed by atoms with van der Waals surface area (Å²) in [5, 5.41) is 14.0. The van der Waals surface area contributed by atoms with Crippen LogP contribution in [0, 0.1) is 5.92 Å². The van der Waals surface area contributed by atoms with E-state index in [0.717, 1.165) is 42.4 Å². The maximum atomic E-state index is 12.5. The number of fused-ring (bicyclic) bond motifs is 1. The molecule has 1 aliphatic heterocycles. The van der Waals surface area contributed by atoms with Gasteiger partial charge in [-0.3, -0.25) is 14.7 Å². The quantitative estimate of drug-likeness (QED) is 0.877. The van der Waals surface area contributed by atoms with Crippen molar-refractivity contribution >= 4 is 16.8 Å². The molecule has 1 amide bonds. The molecule has 1 aliphatic carbocycles. The third-order valence-corrected chi connectivity index (χ3v) is 5.47. The van der Waals surface area contributed by atoms with E-state index >= 15 is 0 Å². The molecule has 132 valence electrons. The number of amides is 1. The first-order valence-electron chi connectivity index (χ1n) is 9.23. The van der Waals surface area contributed by atoms with Gasteiger partial charge >= 0.3 is 0 Å². The van der Waals surface area contributed by atoms with Crippen LogP contribution in [0.1, 0.15) is 37.3 Å². The Morgan fingerprint density at radius 3 is 2.80 bits per heavy atom. The number of nitrogens with zero attached hydrogens (tertiary/aromatic N) is 2. The summed E-state index contributed by atoms with van der Waals surface area (Å²) in [6.45, 7) is 2.49. The maximum Gasteiger partial charge on any atom is 0.234 e. The highest BCUT2D eigenvalue weighted by Crippen LogP contribution is 2.38. The number of carbonyl (C=O) groups is 1. The molecule has 2 aliphatic rings. The van der Waals surface area contributed by atoms with Crippen LogP contribution in [0.25, 0.3) is 10.9 Å². The second kappa shape index (κ2) is 7.10. The summed E-state index contributed by atoms with van der Waals surface area (Å²) < 4.78 is 0. The van der Waals surface area contributed by atoms with Gasteiger partial charge in [0.2, 0.25) is 5.91 Å². The highest BCUT2D eigenvalue weighted by molar-refractivity contribution is 5.80. The van der Waals surface area contributed by atoms with Gasteiger partial charge in [-0.2, -0.15) is 0 Å². The molecule has 2 fully saturated rings. The van der Waals surface area contributed by atoms with Crippen LogP contribution in [0.2, 0.25) is 0 Å². The Morgan fingerprint density at radius 1 is 1.28 bits per heavy atom. The fourth-order valence-corrected chi connectivity index (χ4v) is 4.00. The predicted molar refractivity (Wildman–Crippen MR) is 97.0 cm³/mol. The third kappa shape index (κ3) is 3.67. The molecule has 0 unspecified atom stereocenters.